The maximum Gasteiger partial charge on any atom is 0.240 e. The Balaban J connectivity index is 1.88. The largest absolute Gasteiger partial charge is 0.316 e. The zero-order chi connectivity index (χ0) is 20.1. The van der Waals surface area contributed by atoms with E-state index in [0.29, 0.717) is 13.0 Å². The van der Waals surface area contributed by atoms with E-state index in [-0.39, 0.29) is 17.2 Å². The molecule has 0 N–H and O–H groups in total. The second-order valence-corrected chi connectivity index (χ2v) is 8.15. The van der Waals surface area contributed by atoms with E-state index in [2.05, 4.69) is 30.6 Å². The second kappa shape index (κ2) is 8.94. The minimum absolute atomic E-state index is 0.0196. The summed E-state index contributed by atoms with van der Waals surface area (Å²) in [4.78, 5) is 19.7. The van der Waals surface area contributed by atoms with E-state index < -0.39 is 0 Å². The lowest BCUT2D eigenvalue weighted by molar-refractivity contribution is -0.117. The highest BCUT2D eigenvalue weighted by Gasteiger charge is 2.25. The van der Waals surface area contributed by atoms with E-state index in [9.17, 15) is 4.79 Å². The summed E-state index contributed by atoms with van der Waals surface area (Å²) >= 11 is 1.47. The quantitative estimate of drug-likeness (QED) is 0.528. The van der Waals surface area contributed by atoms with Crippen molar-refractivity contribution in [3.8, 4) is 6.07 Å². The van der Waals surface area contributed by atoms with Crippen LogP contribution in [0.3, 0.4) is 0 Å². The number of imidazole rings is 1. The number of hydrogen-bond donors (Lipinski definition) is 0. The van der Waals surface area contributed by atoms with Crippen molar-refractivity contribution in [3.63, 3.8) is 0 Å². The summed E-state index contributed by atoms with van der Waals surface area (Å²) in [5, 5.41) is 9.50. The Kier molecular flexibility index (Phi) is 6.37. The number of para-hydroxylation sites is 3. The summed E-state index contributed by atoms with van der Waals surface area (Å²) < 4.78 is 2.17. The molecule has 6 heteroatoms. The van der Waals surface area contributed by atoms with E-state index in [1.807, 2.05) is 55.5 Å². The summed E-state index contributed by atoms with van der Waals surface area (Å²) in [5.74, 6) is -0.0196. The number of amides is 1. The Hall–Kier alpha value is -2.78. The van der Waals surface area contributed by atoms with Gasteiger partial charge in [0.2, 0.25) is 5.91 Å². The summed E-state index contributed by atoms with van der Waals surface area (Å²) in [7, 11) is 0. The molecule has 0 aliphatic carbocycles. The lowest BCUT2D eigenvalue weighted by Gasteiger charge is -2.25. The fourth-order valence-corrected chi connectivity index (χ4v) is 4.29. The molecule has 2 aromatic carbocycles. The molecule has 1 heterocycles. The van der Waals surface area contributed by atoms with Crippen molar-refractivity contribution < 1.29 is 4.79 Å². The molecule has 1 unspecified atom stereocenters. The SMILES string of the molecule is CC(Sc1nc2ccccc2n1C(C)C)C(=O)N(CCC#N)c1ccccc1. The third kappa shape index (κ3) is 4.20. The Labute approximate surface area is 170 Å². The lowest BCUT2D eigenvalue weighted by atomic mass is 10.2. The van der Waals surface area contributed by atoms with Crippen LogP contribution in [0, 0.1) is 11.3 Å². The first kappa shape index (κ1) is 20.0. The van der Waals surface area contributed by atoms with Gasteiger partial charge in [-0.1, -0.05) is 42.1 Å². The van der Waals surface area contributed by atoms with Crippen LogP contribution in [0.5, 0.6) is 0 Å². The van der Waals surface area contributed by atoms with Gasteiger partial charge in [-0.3, -0.25) is 4.79 Å². The number of hydrogen-bond acceptors (Lipinski definition) is 4. The molecule has 1 atom stereocenters. The smallest absolute Gasteiger partial charge is 0.240 e. The molecule has 0 spiro atoms. The number of benzene rings is 2. The highest BCUT2D eigenvalue weighted by Crippen LogP contribution is 2.31. The van der Waals surface area contributed by atoms with Gasteiger partial charge in [0.15, 0.2) is 5.16 Å². The van der Waals surface area contributed by atoms with E-state index in [1.165, 1.54) is 11.8 Å². The molecule has 0 saturated carbocycles. The fourth-order valence-electron chi connectivity index (χ4n) is 3.17. The minimum Gasteiger partial charge on any atom is -0.316 e. The molecule has 1 aromatic heterocycles. The van der Waals surface area contributed by atoms with E-state index in [1.54, 1.807) is 4.90 Å². The Bertz CT molecular complexity index is 991. The first-order valence-electron chi connectivity index (χ1n) is 9.40. The summed E-state index contributed by atoms with van der Waals surface area (Å²) in [6, 6.07) is 19.9. The molecule has 0 radical (unpaired) electrons. The number of carbonyl (C=O) groups excluding carboxylic acids is 1. The van der Waals surface area contributed by atoms with E-state index >= 15 is 0 Å². The van der Waals surface area contributed by atoms with Gasteiger partial charge in [-0.25, -0.2) is 4.98 Å². The molecular weight excluding hydrogens is 368 g/mol. The average Bonchev–Trinajstić information content (AvgIpc) is 3.06. The van der Waals surface area contributed by atoms with Gasteiger partial charge in [-0.05, 0) is 45.0 Å². The Morgan fingerprint density at radius 1 is 1.14 bits per heavy atom. The minimum atomic E-state index is -0.326. The molecular formula is C22H24N4OS. The van der Waals surface area contributed by atoms with Crippen molar-refractivity contribution in [2.24, 2.45) is 0 Å². The molecule has 3 rings (SSSR count). The monoisotopic (exact) mass is 392 g/mol. The third-order valence-electron chi connectivity index (χ3n) is 4.49. The van der Waals surface area contributed by atoms with Crippen LogP contribution in [0.2, 0.25) is 0 Å². The highest BCUT2D eigenvalue weighted by molar-refractivity contribution is 8.00. The van der Waals surface area contributed by atoms with Crippen LogP contribution in [0.4, 0.5) is 5.69 Å². The van der Waals surface area contributed by atoms with Crippen LogP contribution in [-0.2, 0) is 4.79 Å². The highest BCUT2D eigenvalue weighted by atomic mass is 32.2. The average molecular weight is 393 g/mol. The van der Waals surface area contributed by atoms with Crippen molar-refractivity contribution in [2.45, 2.75) is 43.6 Å². The first-order valence-corrected chi connectivity index (χ1v) is 10.3. The summed E-state index contributed by atoms with van der Waals surface area (Å²) in [6.07, 6.45) is 0.294. The molecule has 28 heavy (non-hydrogen) atoms. The summed E-state index contributed by atoms with van der Waals surface area (Å²) in [5.41, 5.74) is 2.82. The number of rotatable bonds is 7. The number of aromatic nitrogens is 2. The van der Waals surface area contributed by atoms with Crippen LogP contribution >= 0.6 is 11.8 Å². The van der Waals surface area contributed by atoms with Gasteiger partial charge < -0.3 is 9.47 Å². The number of thioether (sulfide) groups is 1. The van der Waals surface area contributed by atoms with Crippen LogP contribution in [0.25, 0.3) is 11.0 Å². The van der Waals surface area contributed by atoms with Gasteiger partial charge in [-0.2, -0.15) is 5.26 Å². The zero-order valence-electron chi connectivity index (χ0n) is 16.4. The van der Waals surface area contributed by atoms with E-state index in [0.717, 1.165) is 21.9 Å². The number of anilines is 1. The molecule has 1 amide bonds. The molecule has 0 aliphatic rings. The number of nitriles is 1. The van der Waals surface area contributed by atoms with Crippen LogP contribution < -0.4 is 4.90 Å². The van der Waals surface area contributed by atoms with Crippen molar-refractivity contribution in [1.82, 2.24) is 9.55 Å². The fraction of sp³-hybridized carbons (Fsp3) is 0.318. The molecule has 5 nitrogen and oxygen atoms in total. The van der Waals surface area contributed by atoms with E-state index in [4.69, 9.17) is 10.2 Å². The predicted octanol–water partition coefficient (Wildman–Crippen LogP) is 5.04. The lowest BCUT2D eigenvalue weighted by Crippen LogP contribution is -2.37. The van der Waals surface area contributed by atoms with Crippen LogP contribution in [0.15, 0.2) is 59.8 Å². The van der Waals surface area contributed by atoms with Gasteiger partial charge in [0.1, 0.15) is 0 Å². The normalized spacial score (nSPS) is 12.1. The van der Waals surface area contributed by atoms with Gasteiger partial charge in [0.05, 0.1) is 28.8 Å². The second-order valence-electron chi connectivity index (χ2n) is 6.84. The number of fused-ring (bicyclic) bond motifs is 1. The van der Waals surface area contributed by atoms with Crippen molar-refractivity contribution >= 4 is 34.4 Å². The maximum absolute atomic E-state index is 13.2. The zero-order valence-corrected chi connectivity index (χ0v) is 17.2. The van der Waals surface area contributed by atoms with Crippen molar-refractivity contribution in [1.29, 1.82) is 5.26 Å². The maximum atomic E-state index is 13.2. The number of carbonyl (C=O) groups is 1. The third-order valence-corrected chi connectivity index (χ3v) is 5.54. The van der Waals surface area contributed by atoms with Gasteiger partial charge in [0.25, 0.3) is 0 Å². The molecule has 0 saturated heterocycles. The van der Waals surface area contributed by atoms with Gasteiger partial charge in [-0.15, -0.1) is 0 Å². The number of nitrogens with zero attached hydrogens (tertiary/aromatic N) is 4. The Morgan fingerprint density at radius 2 is 1.82 bits per heavy atom. The van der Waals surface area contributed by atoms with Crippen LogP contribution in [-0.4, -0.2) is 27.3 Å². The predicted molar refractivity (Wildman–Crippen MR) is 114 cm³/mol. The summed E-state index contributed by atoms with van der Waals surface area (Å²) in [6.45, 7) is 6.52. The molecule has 0 fully saturated rings. The topological polar surface area (TPSA) is 61.9 Å². The first-order chi connectivity index (χ1) is 13.5. The molecule has 144 valence electrons. The molecule has 0 aliphatic heterocycles. The standard InChI is InChI=1S/C22H24N4OS/c1-16(2)26-20-13-8-7-12-19(20)24-22(26)28-17(3)21(27)25(15-9-14-23)18-10-5-4-6-11-18/h4-8,10-13,16-17H,9,15H2,1-3H3. The molecule has 0 bridgehead atoms. The Morgan fingerprint density at radius 3 is 2.50 bits per heavy atom. The van der Waals surface area contributed by atoms with Gasteiger partial charge >= 0.3 is 0 Å². The van der Waals surface area contributed by atoms with Crippen LogP contribution in [0.1, 0.15) is 33.2 Å². The van der Waals surface area contributed by atoms with Gasteiger partial charge in [0, 0.05) is 18.3 Å². The van der Waals surface area contributed by atoms with Crippen molar-refractivity contribution in [3.05, 3.63) is 54.6 Å². The van der Waals surface area contributed by atoms with Crippen molar-refractivity contribution in [2.75, 3.05) is 11.4 Å². The molecule has 3 aromatic rings.